The molecule has 1 N–H and O–H groups in total. The molecule has 32 heavy (non-hydrogen) atoms. The molecule has 0 aliphatic carbocycles. The number of carbonyl (C=O) groups is 3. The van der Waals surface area contributed by atoms with Gasteiger partial charge in [-0.15, -0.1) is 0 Å². The highest BCUT2D eigenvalue weighted by Gasteiger charge is 2.39. The normalized spacial score (nSPS) is 17.9. The number of methoxy groups -OCH3 is 1. The lowest BCUT2D eigenvalue weighted by Gasteiger charge is -2.20. The summed E-state index contributed by atoms with van der Waals surface area (Å²) in [6, 6.07) is 2.79. The molecular formula is C21H25Cl3N2O6. The Kier molecular flexibility index (Phi) is 8.36. The fourth-order valence-corrected chi connectivity index (χ4v) is 3.89. The molecule has 0 spiro atoms. The molecule has 11 heteroatoms. The third-order valence-corrected chi connectivity index (χ3v) is 5.62. The van der Waals surface area contributed by atoms with Gasteiger partial charge in [-0.3, -0.25) is 14.4 Å². The minimum atomic E-state index is -1.61. The fraction of sp³-hybridized carbons (Fsp3) is 0.571. The number of hydrogen-bond donors (Lipinski definition) is 1. The van der Waals surface area contributed by atoms with Crippen molar-refractivity contribution in [3.05, 3.63) is 17.7 Å². The average molecular weight is 508 g/mol. The van der Waals surface area contributed by atoms with Crippen molar-refractivity contribution in [2.45, 2.75) is 48.4 Å². The van der Waals surface area contributed by atoms with E-state index in [1.54, 1.807) is 17.0 Å². The number of carbonyl (C=O) groups excluding carboxylic acids is 3. The van der Waals surface area contributed by atoms with Crippen LogP contribution < -0.4 is 14.8 Å². The first kappa shape index (κ1) is 24.7. The van der Waals surface area contributed by atoms with Crippen molar-refractivity contribution in [2.24, 2.45) is 0 Å². The van der Waals surface area contributed by atoms with E-state index in [2.05, 4.69) is 5.32 Å². The smallest absolute Gasteiger partial charge is 0.305 e. The van der Waals surface area contributed by atoms with Crippen molar-refractivity contribution in [2.75, 3.05) is 32.2 Å². The summed E-state index contributed by atoms with van der Waals surface area (Å²) < 4.78 is 14.5. The molecule has 1 fully saturated rings. The van der Waals surface area contributed by atoms with Crippen LogP contribution in [0.1, 0.15) is 48.9 Å². The maximum atomic E-state index is 12.9. The Labute approximate surface area is 201 Å². The molecule has 2 aliphatic heterocycles. The summed E-state index contributed by atoms with van der Waals surface area (Å²) in [5.74, 6) is 0.0491. The number of anilines is 1. The molecule has 0 saturated carbocycles. The number of fused-ring (bicyclic) bond motifs is 2. The number of alkyl halides is 3. The average Bonchev–Trinajstić information content (AvgIpc) is 3.20. The minimum absolute atomic E-state index is 0.188. The number of esters is 1. The number of hydrogen-bond acceptors (Lipinski definition) is 6. The summed E-state index contributed by atoms with van der Waals surface area (Å²) >= 11 is 16.6. The molecule has 0 unspecified atom stereocenters. The van der Waals surface area contributed by atoms with E-state index < -0.39 is 15.8 Å². The number of nitrogens with zero attached hydrogens (tertiary/aromatic N) is 1. The van der Waals surface area contributed by atoms with E-state index >= 15 is 0 Å². The van der Waals surface area contributed by atoms with Crippen molar-refractivity contribution in [3.8, 4) is 11.5 Å². The Morgan fingerprint density at radius 1 is 1.19 bits per heavy atom. The van der Waals surface area contributed by atoms with Crippen molar-refractivity contribution < 1.29 is 28.6 Å². The quantitative estimate of drug-likeness (QED) is 0.307. The molecular weight excluding hydrogens is 483 g/mol. The molecule has 0 radical (unpaired) electrons. The van der Waals surface area contributed by atoms with Gasteiger partial charge in [-0.1, -0.05) is 34.8 Å². The lowest BCUT2D eigenvalue weighted by Crippen LogP contribution is -2.40. The van der Waals surface area contributed by atoms with E-state index in [1.807, 2.05) is 0 Å². The highest BCUT2D eigenvalue weighted by Crippen LogP contribution is 2.37. The van der Waals surface area contributed by atoms with Crippen LogP contribution in [-0.4, -0.2) is 59.4 Å². The third kappa shape index (κ3) is 6.33. The Hall–Kier alpha value is -1.90. The summed E-state index contributed by atoms with van der Waals surface area (Å²) in [6.07, 6.45) is 3.69. The molecule has 0 aromatic heterocycles. The molecule has 8 nitrogen and oxygen atoms in total. The van der Waals surface area contributed by atoms with Crippen LogP contribution in [0.3, 0.4) is 0 Å². The molecule has 0 bridgehead atoms. The van der Waals surface area contributed by atoms with Crippen LogP contribution in [0.4, 0.5) is 5.69 Å². The predicted molar refractivity (Wildman–Crippen MR) is 121 cm³/mol. The zero-order chi connectivity index (χ0) is 23.3. The lowest BCUT2D eigenvalue weighted by molar-refractivity contribution is -0.143. The van der Waals surface area contributed by atoms with E-state index in [9.17, 15) is 14.4 Å². The zero-order valence-corrected chi connectivity index (χ0v) is 19.9. The molecule has 2 amide bonds. The van der Waals surface area contributed by atoms with Crippen molar-refractivity contribution in [3.63, 3.8) is 0 Å². The van der Waals surface area contributed by atoms with E-state index in [4.69, 9.17) is 49.0 Å². The second kappa shape index (κ2) is 10.8. The minimum Gasteiger partial charge on any atom is -0.493 e. The number of amides is 2. The van der Waals surface area contributed by atoms with Gasteiger partial charge in [0.05, 0.1) is 25.0 Å². The van der Waals surface area contributed by atoms with Gasteiger partial charge in [0.1, 0.15) is 12.6 Å². The van der Waals surface area contributed by atoms with Crippen LogP contribution in [0.2, 0.25) is 0 Å². The van der Waals surface area contributed by atoms with E-state index in [-0.39, 0.29) is 24.8 Å². The van der Waals surface area contributed by atoms with Gasteiger partial charge in [0.2, 0.25) is 9.70 Å². The lowest BCUT2D eigenvalue weighted by atomic mass is 10.1. The number of nitrogens with one attached hydrogen (secondary N) is 1. The summed E-state index contributed by atoms with van der Waals surface area (Å²) in [4.78, 5) is 38.6. The van der Waals surface area contributed by atoms with Crippen LogP contribution >= 0.6 is 34.8 Å². The molecule has 1 saturated heterocycles. The van der Waals surface area contributed by atoms with Crippen molar-refractivity contribution >= 4 is 58.3 Å². The zero-order valence-electron chi connectivity index (χ0n) is 17.6. The fourth-order valence-electron chi connectivity index (χ4n) is 3.73. The summed E-state index contributed by atoms with van der Waals surface area (Å²) in [7, 11) is 1.50. The number of unbranched alkanes of at least 4 members (excludes halogenated alkanes) is 2. The van der Waals surface area contributed by atoms with Gasteiger partial charge >= 0.3 is 5.97 Å². The number of halogens is 3. The number of ether oxygens (including phenoxy) is 3. The first-order valence-electron chi connectivity index (χ1n) is 10.4. The van der Waals surface area contributed by atoms with Crippen LogP contribution in [0.5, 0.6) is 11.5 Å². The van der Waals surface area contributed by atoms with Crippen molar-refractivity contribution in [1.82, 2.24) is 4.90 Å². The molecule has 176 valence electrons. The topological polar surface area (TPSA) is 94.2 Å². The van der Waals surface area contributed by atoms with Gasteiger partial charge in [0.15, 0.2) is 11.5 Å². The Bertz CT molecular complexity index is 874. The van der Waals surface area contributed by atoms with Crippen LogP contribution in [0.25, 0.3) is 0 Å². The van der Waals surface area contributed by atoms with Crippen molar-refractivity contribution in [1.29, 1.82) is 0 Å². The summed E-state index contributed by atoms with van der Waals surface area (Å²) in [5.41, 5.74) is 0.808. The monoisotopic (exact) mass is 506 g/mol. The van der Waals surface area contributed by atoms with E-state index in [0.717, 1.165) is 12.8 Å². The third-order valence-electron chi connectivity index (χ3n) is 5.29. The highest BCUT2D eigenvalue weighted by molar-refractivity contribution is 6.67. The molecule has 3 rings (SSSR count). The SMILES string of the molecule is COc1cc2c(cc1OCCCCCC(=O)OCC(Cl)(Cl)Cl)NC(=O)[C@@H]1CCCN1C2=O. The van der Waals surface area contributed by atoms with Gasteiger partial charge in [-0.2, -0.15) is 0 Å². The number of benzene rings is 1. The Balaban J connectivity index is 1.52. The molecule has 1 aromatic carbocycles. The summed E-state index contributed by atoms with van der Waals surface area (Å²) in [5, 5.41) is 2.85. The number of rotatable bonds is 9. The second-order valence-electron chi connectivity index (χ2n) is 7.63. The van der Waals surface area contributed by atoms with Gasteiger partial charge in [-0.05, 0) is 38.2 Å². The van der Waals surface area contributed by atoms with E-state index in [0.29, 0.717) is 55.2 Å². The maximum absolute atomic E-state index is 12.9. The molecule has 2 heterocycles. The molecule has 1 atom stereocenters. The van der Waals surface area contributed by atoms with Gasteiger partial charge in [-0.25, -0.2) is 0 Å². The van der Waals surface area contributed by atoms with Crippen LogP contribution in [-0.2, 0) is 14.3 Å². The van der Waals surface area contributed by atoms with Gasteiger partial charge < -0.3 is 24.4 Å². The largest absolute Gasteiger partial charge is 0.493 e. The first-order chi connectivity index (χ1) is 15.2. The van der Waals surface area contributed by atoms with E-state index in [1.165, 1.54) is 7.11 Å². The molecule has 1 aromatic rings. The standard InChI is InChI=1S/C21H25Cl3N2O6/c1-30-16-10-13-14(25-19(28)15-6-5-8-26(15)20(13)29)11-17(16)31-9-4-2-3-7-18(27)32-12-21(22,23)24/h10-11,15H,2-9,12H2,1H3,(H,25,28)/t15-/m0/s1. The Morgan fingerprint density at radius 2 is 1.97 bits per heavy atom. The van der Waals surface area contributed by atoms with Gasteiger partial charge in [0.25, 0.3) is 5.91 Å². The molecule has 2 aliphatic rings. The first-order valence-corrected chi connectivity index (χ1v) is 11.5. The predicted octanol–water partition coefficient (Wildman–Crippen LogP) is 4.10. The highest BCUT2D eigenvalue weighted by atomic mass is 35.6. The maximum Gasteiger partial charge on any atom is 0.305 e. The second-order valence-corrected chi connectivity index (χ2v) is 10.1. The van der Waals surface area contributed by atoms with Gasteiger partial charge in [0, 0.05) is 19.0 Å². The van der Waals surface area contributed by atoms with Crippen LogP contribution in [0, 0.1) is 0 Å². The van der Waals surface area contributed by atoms with Crippen LogP contribution in [0.15, 0.2) is 12.1 Å². The Morgan fingerprint density at radius 3 is 2.69 bits per heavy atom. The summed E-state index contributed by atoms with van der Waals surface area (Å²) in [6.45, 7) is 0.652.